The van der Waals surface area contributed by atoms with Crippen LogP contribution < -0.4 is 5.32 Å². The Morgan fingerprint density at radius 3 is 2.77 bits per heavy atom. The molecule has 118 valence electrons. The lowest BCUT2D eigenvalue weighted by Crippen LogP contribution is -2.27. The van der Waals surface area contributed by atoms with Crippen molar-refractivity contribution >= 4 is 11.3 Å². The lowest BCUT2D eigenvalue weighted by molar-refractivity contribution is 0.154. The summed E-state index contributed by atoms with van der Waals surface area (Å²) in [6, 6.07) is 10.1. The van der Waals surface area contributed by atoms with Gasteiger partial charge >= 0.3 is 0 Å². The van der Waals surface area contributed by atoms with Crippen LogP contribution in [0, 0.1) is 0 Å². The number of benzene rings is 1. The minimum absolute atomic E-state index is 0.268. The van der Waals surface area contributed by atoms with Crippen molar-refractivity contribution in [1.82, 2.24) is 10.3 Å². The Hall–Kier alpha value is -1.23. The maximum atomic E-state index is 10.3. The Labute approximate surface area is 136 Å². The maximum Gasteiger partial charge on any atom is 0.0959 e. The molecule has 0 bridgehead atoms. The van der Waals surface area contributed by atoms with Crippen LogP contribution in [0.15, 0.2) is 36.5 Å². The molecule has 1 aromatic heterocycles. The summed E-state index contributed by atoms with van der Waals surface area (Å²) >= 11 is 1.84. The van der Waals surface area contributed by atoms with Gasteiger partial charge in [0, 0.05) is 29.6 Å². The van der Waals surface area contributed by atoms with Gasteiger partial charge in [0.25, 0.3) is 0 Å². The Kier molecular flexibility index (Phi) is 5.24. The molecule has 0 spiro atoms. The van der Waals surface area contributed by atoms with Gasteiger partial charge in [0.2, 0.25) is 0 Å². The molecule has 2 N–H and O–H groups in total. The highest BCUT2D eigenvalue weighted by Gasteiger charge is 2.22. The van der Waals surface area contributed by atoms with Crippen molar-refractivity contribution in [3.8, 4) is 0 Å². The van der Waals surface area contributed by atoms with Gasteiger partial charge in [-0.15, -0.1) is 11.3 Å². The molecule has 0 radical (unpaired) electrons. The Morgan fingerprint density at radius 2 is 2.09 bits per heavy atom. The van der Waals surface area contributed by atoms with Crippen LogP contribution in [-0.2, 0) is 6.54 Å². The molecule has 4 heteroatoms. The number of aromatic nitrogens is 1. The lowest BCUT2D eigenvalue weighted by Gasteiger charge is -2.22. The quantitative estimate of drug-likeness (QED) is 0.811. The fraction of sp³-hybridized carbons (Fsp3) is 0.500. The van der Waals surface area contributed by atoms with E-state index in [1.54, 1.807) is 0 Å². The molecule has 1 aromatic carbocycles. The summed E-state index contributed by atoms with van der Waals surface area (Å²) in [6.45, 7) is 2.97. The number of aliphatic hydroxyl groups is 1. The molecule has 1 saturated carbocycles. The third-order valence-corrected chi connectivity index (χ3v) is 5.57. The molecule has 22 heavy (non-hydrogen) atoms. The minimum atomic E-state index is -0.407. The van der Waals surface area contributed by atoms with Gasteiger partial charge in [-0.2, -0.15) is 0 Å². The zero-order valence-electron chi connectivity index (χ0n) is 13.0. The molecule has 0 amide bonds. The van der Waals surface area contributed by atoms with E-state index < -0.39 is 6.10 Å². The SMILES string of the molecule is CC(CC(O)c1ccccc1)NCc1cnc(C2CCC2)s1. The highest BCUT2D eigenvalue weighted by atomic mass is 32.1. The predicted molar refractivity (Wildman–Crippen MR) is 91.0 cm³/mol. The molecular weight excluding hydrogens is 292 g/mol. The average Bonchev–Trinajstić information content (AvgIpc) is 2.92. The first-order valence-corrected chi connectivity index (χ1v) is 8.95. The van der Waals surface area contributed by atoms with E-state index in [4.69, 9.17) is 0 Å². The molecule has 0 aliphatic heterocycles. The van der Waals surface area contributed by atoms with Crippen molar-refractivity contribution < 1.29 is 5.11 Å². The predicted octanol–water partition coefficient (Wildman–Crippen LogP) is 4.01. The van der Waals surface area contributed by atoms with E-state index in [2.05, 4.69) is 17.2 Å². The first kappa shape index (κ1) is 15.7. The van der Waals surface area contributed by atoms with E-state index in [0.29, 0.717) is 0 Å². The fourth-order valence-corrected chi connectivity index (χ4v) is 3.79. The number of hydrogen-bond donors (Lipinski definition) is 2. The van der Waals surface area contributed by atoms with Gasteiger partial charge in [-0.25, -0.2) is 4.98 Å². The summed E-state index contributed by atoms with van der Waals surface area (Å²) in [6.07, 6.45) is 6.28. The standard InChI is InChI=1S/C18H24N2OS/c1-13(10-17(21)14-6-3-2-4-7-14)19-11-16-12-20-18(22-16)15-8-5-9-15/h2-4,6-7,12-13,15,17,19,21H,5,8-11H2,1H3. The molecule has 1 fully saturated rings. The smallest absolute Gasteiger partial charge is 0.0959 e. The van der Waals surface area contributed by atoms with E-state index in [1.165, 1.54) is 29.1 Å². The van der Waals surface area contributed by atoms with Crippen molar-refractivity contribution in [3.63, 3.8) is 0 Å². The monoisotopic (exact) mass is 316 g/mol. The van der Waals surface area contributed by atoms with Crippen LogP contribution in [0.25, 0.3) is 0 Å². The Balaban J connectivity index is 1.45. The molecule has 2 aromatic rings. The van der Waals surface area contributed by atoms with Crippen molar-refractivity contribution in [2.75, 3.05) is 0 Å². The highest BCUT2D eigenvalue weighted by molar-refractivity contribution is 7.11. The summed E-state index contributed by atoms with van der Waals surface area (Å²) in [5.41, 5.74) is 0.987. The van der Waals surface area contributed by atoms with Crippen LogP contribution in [0.1, 0.15) is 60.1 Å². The third kappa shape index (κ3) is 3.94. The highest BCUT2D eigenvalue weighted by Crippen LogP contribution is 2.38. The van der Waals surface area contributed by atoms with E-state index >= 15 is 0 Å². The number of nitrogens with one attached hydrogen (secondary N) is 1. The second-order valence-corrected chi connectivity index (χ2v) is 7.38. The summed E-state index contributed by atoms with van der Waals surface area (Å²) in [5.74, 6) is 0.719. The average molecular weight is 316 g/mol. The summed E-state index contributed by atoms with van der Waals surface area (Å²) < 4.78 is 0. The molecule has 1 aliphatic rings. The minimum Gasteiger partial charge on any atom is -0.388 e. The first-order valence-electron chi connectivity index (χ1n) is 8.13. The zero-order valence-corrected chi connectivity index (χ0v) is 13.9. The maximum absolute atomic E-state index is 10.3. The van der Waals surface area contributed by atoms with Gasteiger partial charge < -0.3 is 10.4 Å². The first-order chi connectivity index (χ1) is 10.7. The lowest BCUT2D eigenvalue weighted by atomic mass is 9.86. The molecular formula is C18H24N2OS. The second kappa shape index (κ2) is 7.36. The summed E-state index contributed by atoms with van der Waals surface area (Å²) in [7, 11) is 0. The molecule has 2 atom stereocenters. The summed E-state index contributed by atoms with van der Waals surface area (Å²) in [4.78, 5) is 5.85. The molecule has 3 nitrogen and oxygen atoms in total. The molecule has 3 rings (SSSR count). The number of rotatable bonds is 7. The van der Waals surface area contributed by atoms with E-state index in [0.717, 1.165) is 24.4 Å². The van der Waals surface area contributed by atoms with Crippen LogP contribution in [0.2, 0.25) is 0 Å². The molecule has 1 aliphatic carbocycles. The van der Waals surface area contributed by atoms with Gasteiger partial charge in [-0.3, -0.25) is 0 Å². The zero-order chi connectivity index (χ0) is 15.4. The van der Waals surface area contributed by atoms with Gasteiger partial charge in [-0.1, -0.05) is 36.8 Å². The molecule has 0 saturated heterocycles. The van der Waals surface area contributed by atoms with Crippen LogP contribution >= 0.6 is 11.3 Å². The number of aliphatic hydroxyl groups excluding tert-OH is 1. The van der Waals surface area contributed by atoms with Crippen molar-refractivity contribution in [3.05, 3.63) is 52.0 Å². The number of nitrogens with zero attached hydrogens (tertiary/aromatic N) is 1. The van der Waals surface area contributed by atoms with Crippen molar-refractivity contribution in [2.45, 2.75) is 57.2 Å². The molecule has 2 unspecified atom stereocenters. The topological polar surface area (TPSA) is 45.1 Å². The van der Waals surface area contributed by atoms with Crippen molar-refractivity contribution in [2.24, 2.45) is 0 Å². The van der Waals surface area contributed by atoms with Gasteiger partial charge in [0.05, 0.1) is 11.1 Å². The molecule has 1 heterocycles. The summed E-state index contributed by atoms with van der Waals surface area (Å²) in [5, 5.41) is 15.1. The number of hydrogen-bond acceptors (Lipinski definition) is 4. The van der Waals surface area contributed by atoms with E-state index in [-0.39, 0.29) is 6.04 Å². The normalized spacial score (nSPS) is 17.9. The van der Waals surface area contributed by atoms with Crippen LogP contribution in [0.3, 0.4) is 0 Å². The Morgan fingerprint density at radius 1 is 1.32 bits per heavy atom. The van der Waals surface area contributed by atoms with Crippen molar-refractivity contribution in [1.29, 1.82) is 0 Å². The van der Waals surface area contributed by atoms with Gasteiger partial charge in [0.1, 0.15) is 0 Å². The van der Waals surface area contributed by atoms with Crippen LogP contribution in [0.5, 0.6) is 0 Å². The third-order valence-electron chi connectivity index (χ3n) is 4.41. The van der Waals surface area contributed by atoms with E-state index in [9.17, 15) is 5.11 Å². The largest absolute Gasteiger partial charge is 0.388 e. The van der Waals surface area contributed by atoms with Gasteiger partial charge in [0.15, 0.2) is 0 Å². The second-order valence-electron chi connectivity index (χ2n) is 6.24. The van der Waals surface area contributed by atoms with Gasteiger partial charge in [-0.05, 0) is 31.7 Å². The van der Waals surface area contributed by atoms with E-state index in [1.807, 2.05) is 47.9 Å². The number of thiazole rings is 1. The Bertz CT molecular complexity index is 580. The van der Waals surface area contributed by atoms with Crippen LogP contribution in [-0.4, -0.2) is 16.1 Å². The van der Waals surface area contributed by atoms with Crippen LogP contribution in [0.4, 0.5) is 0 Å². The fourth-order valence-electron chi connectivity index (χ4n) is 2.75.